The smallest absolute Gasteiger partial charge is 0.237 e. The molecule has 1 aliphatic rings. The minimum absolute atomic E-state index is 0.0216. The molecule has 0 saturated carbocycles. The van der Waals surface area contributed by atoms with E-state index in [-0.39, 0.29) is 12.5 Å². The average Bonchev–Trinajstić information content (AvgIpc) is 3.14. The number of thiazole rings is 1. The van der Waals surface area contributed by atoms with Gasteiger partial charge in [-0.25, -0.2) is 0 Å². The molecule has 7 heteroatoms. The van der Waals surface area contributed by atoms with Crippen LogP contribution in [-0.2, 0) is 19.3 Å². The third-order valence-electron chi connectivity index (χ3n) is 5.17. The van der Waals surface area contributed by atoms with Gasteiger partial charge in [-0.3, -0.25) is 14.4 Å². The average molecular weight is 440 g/mol. The van der Waals surface area contributed by atoms with Crippen LogP contribution >= 0.6 is 22.9 Å². The standard InChI is InChI=1S/C23H22ClN3O2S/c24-18-12-10-17(11-13-18)19(26-29)15-25-23-27(20-8-4-5-9-21(20)30-23)22(28)14-16-6-2-1-3-7-16/h1-3,6-7,10-13,29H,4-5,8-9,14-15H2/b25-23?,26-19-. The molecule has 0 saturated heterocycles. The van der Waals surface area contributed by atoms with Crippen LogP contribution in [0.5, 0.6) is 0 Å². The van der Waals surface area contributed by atoms with Crippen LogP contribution in [0, 0.1) is 0 Å². The van der Waals surface area contributed by atoms with Gasteiger partial charge in [-0.05, 0) is 43.4 Å². The zero-order valence-corrected chi connectivity index (χ0v) is 18.0. The summed E-state index contributed by atoms with van der Waals surface area (Å²) in [5.74, 6) is 0.0216. The van der Waals surface area contributed by atoms with E-state index in [0.717, 1.165) is 42.5 Å². The van der Waals surface area contributed by atoms with E-state index in [1.54, 1.807) is 40.2 Å². The van der Waals surface area contributed by atoms with Crippen LogP contribution in [0.2, 0.25) is 5.02 Å². The second-order valence-corrected chi connectivity index (χ2v) is 8.72. The molecule has 1 aromatic heterocycles. The summed E-state index contributed by atoms with van der Waals surface area (Å²) < 4.78 is 1.78. The quantitative estimate of drug-likeness (QED) is 0.354. The fourth-order valence-electron chi connectivity index (χ4n) is 3.65. The highest BCUT2D eigenvalue weighted by Crippen LogP contribution is 2.24. The lowest BCUT2D eigenvalue weighted by atomic mass is 10.0. The number of nitrogens with zero attached hydrogens (tertiary/aromatic N) is 3. The van der Waals surface area contributed by atoms with Gasteiger partial charge in [0, 0.05) is 21.2 Å². The highest BCUT2D eigenvalue weighted by molar-refractivity contribution is 7.09. The van der Waals surface area contributed by atoms with Gasteiger partial charge in [0.1, 0.15) is 5.71 Å². The van der Waals surface area contributed by atoms with Crippen LogP contribution in [0.3, 0.4) is 0 Å². The van der Waals surface area contributed by atoms with Crippen molar-refractivity contribution in [3.8, 4) is 0 Å². The Balaban J connectivity index is 1.67. The van der Waals surface area contributed by atoms with E-state index in [2.05, 4.69) is 10.1 Å². The molecule has 154 valence electrons. The highest BCUT2D eigenvalue weighted by Gasteiger charge is 2.21. The summed E-state index contributed by atoms with van der Waals surface area (Å²) in [6, 6.07) is 16.8. The number of halogens is 1. The van der Waals surface area contributed by atoms with E-state index in [9.17, 15) is 10.0 Å². The number of oxime groups is 1. The van der Waals surface area contributed by atoms with Gasteiger partial charge in [0.2, 0.25) is 5.91 Å². The van der Waals surface area contributed by atoms with E-state index in [1.165, 1.54) is 4.88 Å². The Labute approximate surface area is 184 Å². The molecule has 1 heterocycles. The number of hydrogen-bond acceptors (Lipinski definition) is 5. The molecule has 0 radical (unpaired) electrons. The summed E-state index contributed by atoms with van der Waals surface area (Å²) in [6.07, 6.45) is 4.41. The molecule has 1 aliphatic carbocycles. The monoisotopic (exact) mass is 439 g/mol. The number of aryl methyl sites for hydroxylation is 1. The molecule has 3 aromatic rings. The Morgan fingerprint density at radius 2 is 1.80 bits per heavy atom. The molecule has 2 aromatic carbocycles. The molecular weight excluding hydrogens is 418 g/mol. The topological polar surface area (TPSA) is 67.0 Å². The molecule has 5 nitrogen and oxygen atoms in total. The third kappa shape index (κ3) is 4.55. The van der Waals surface area contributed by atoms with E-state index >= 15 is 0 Å². The van der Waals surface area contributed by atoms with Gasteiger partial charge in [0.25, 0.3) is 0 Å². The first-order chi connectivity index (χ1) is 14.7. The van der Waals surface area contributed by atoms with E-state index < -0.39 is 0 Å². The fourth-order valence-corrected chi connectivity index (χ4v) is 4.99. The molecule has 1 N–H and O–H groups in total. The summed E-state index contributed by atoms with van der Waals surface area (Å²) >= 11 is 7.52. The van der Waals surface area contributed by atoms with Gasteiger partial charge in [-0.1, -0.05) is 59.2 Å². The molecule has 0 spiro atoms. The summed E-state index contributed by atoms with van der Waals surface area (Å²) in [5, 5.41) is 13.5. The maximum absolute atomic E-state index is 13.2. The van der Waals surface area contributed by atoms with Gasteiger partial charge < -0.3 is 5.21 Å². The van der Waals surface area contributed by atoms with Crippen molar-refractivity contribution >= 4 is 34.6 Å². The minimum Gasteiger partial charge on any atom is -0.411 e. The minimum atomic E-state index is 0.0216. The first-order valence-corrected chi connectivity index (χ1v) is 11.1. The zero-order chi connectivity index (χ0) is 20.9. The molecule has 0 fully saturated rings. The van der Waals surface area contributed by atoms with Crippen molar-refractivity contribution in [2.75, 3.05) is 6.54 Å². The van der Waals surface area contributed by atoms with Crippen molar-refractivity contribution in [3.05, 3.63) is 86.1 Å². The summed E-state index contributed by atoms with van der Waals surface area (Å²) in [4.78, 5) is 19.8. The van der Waals surface area contributed by atoms with Crippen molar-refractivity contribution < 1.29 is 10.0 Å². The second-order valence-electron chi connectivity index (χ2n) is 7.22. The second kappa shape index (κ2) is 9.41. The lowest BCUT2D eigenvalue weighted by Gasteiger charge is -2.13. The van der Waals surface area contributed by atoms with Crippen LogP contribution < -0.4 is 4.80 Å². The molecule has 0 unspecified atom stereocenters. The largest absolute Gasteiger partial charge is 0.411 e. The third-order valence-corrected chi connectivity index (χ3v) is 6.61. The predicted octanol–water partition coefficient (Wildman–Crippen LogP) is 4.74. The first kappa shape index (κ1) is 20.6. The number of aromatic nitrogens is 1. The summed E-state index contributed by atoms with van der Waals surface area (Å²) in [5.41, 5.74) is 3.24. The highest BCUT2D eigenvalue weighted by atomic mass is 35.5. The van der Waals surface area contributed by atoms with Crippen molar-refractivity contribution in [2.45, 2.75) is 32.1 Å². The van der Waals surface area contributed by atoms with Crippen molar-refractivity contribution in [3.63, 3.8) is 0 Å². The first-order valence-electron chi connectivity index (χ1n) is 9.94. The van der Waals surface area contributed by atoms with E-state index in [0.29, 0.717) is 22.0 Å². The molecule has 0 bridgehead atoms. The maximum Gasteiger partial charge on any atom is 0.237 e. The van der Waals surface area contributed by atoms with Crippen LogP contribution in [-0.4, -0.2) is 27.9 Å². The van der Waals surface area contributed by atoms with Gasteiger partial charge >= 0.3 is 0 Å². The number of rotatable bonds is 5. The number of fused-ring (bicyclic) bond motifs is 1. The van der Waals surface area contributed by atoms with E-state index in [1.807, 2.05) is 30.3 Å². The number of benzene rings is 2. The normalized spacial score (nSPS) is 14.6. The van der Waals surface area contributed by atoms with Crippen molar-refractivity contribution in [2.24, 2.45) is 10.1 Å². The van der Waals surface area contributed by atoms with Gasteiger partial charge in [0.05, 0.1) is 13.0 Å². The molecule has 0 aliphatic heterocycles. The van der Waals surface area contributed by atoms with Crippen LogP contribution in [0.1, 0.15) is 39.3 Å². The number of carbonyl (C=O) groups is 1. The molecule has 30 heavy (non-hydrogen) atoms. The Morgan fingerprint density at radius 1 is 1.07 bits per heavy atom. The fraction of sp³-hybridized carbons (Fsp3) is 0.261. The lowest BCUT2D eigenvalue weighted by molar-refractivity contribution is 0.0906. The zero-order valence-electron chi connectivity index (χ0n) is 16.4. The molecule has 0 amide bonds. The maximum atomic E-state index is 13.2. The lowest BCUT2D eigenvalue weighted by Crippen LogP contribution is -2.28. The Kier molecular flexibility index (Phi) is 6.45. The van der Waals surface area contributed by atoms with Crippen molar-refractivity contribution in [1.29, 1.82) is 0 Å². The van der Waals surface area contributed by atoms with Crippen LogP contribution in [0.4, 0.5) is 0 Å². The van der Waals surface area contributed by atoms with Gasteiger partial charge in [-0.2, -0.15) is 0 Å². The summed E-state index contributed by atoms with van der Waals surface area (Å²) in [6.45, 7) is 0.177. The number of hydrogen-bond donors (Lipinski definition) is 1. The molecule has 0 atom stereocenters. The predicted molar refractivity (Wildman–Crippen MR) is 120 cm³/mol. The molecular formula is C23H22ClN3O2S. The molecule has 4 rings (SSSR count). The summed E-state index contributed by atoms with van der Waals surface area (Å²) in [7, 11) is 0. The van der Waals surface area contributed by atoms with Crippen LogP contribution in [0.25, 0.3) is 0 Å². The van der Waals surface area contributed by atoms with Gasteiger partial charge in [-0.15, -0.1) is 11.3 Å². The Morgan fingerprint density at radius 3 is 2.53 bits per heavy atom. The van der Waals surface area contributed by atoms with E-state index in [4.69, 9.17) is 11.6 Å². The Hall–Kier alpha value is -2.70. The van der Waals surface area contributed by atoms with Crippen LogP contribution in [0.15, 0.2) is 64.7 Å². The number of carbonyl (C=O) groups excluding carboxylic acids is 1. The van der Waals surface area contributed by atoms with Gasteiger partial charge in [0.15, 0.2) is 4.80 Å². The SMILES string of the molecule is O=C(Cc1ccccc1)n1c2c(sc1=NC/C(=N/O)c1ccc(Cl)cc1)CCCC2. The van der Waals surface area contributed by atoms with Crippen molar-refractivity contribution in [1.82, 2.24) is 4.57 Å². The Bertz CT molecular complexity index is 1130.